The fourth-order valence-corrected chi connectivity index (χ4v) is 2.54. The number of aromatic nitrogens is 2. The monoisotopic (exact) mass is 264 g/mol. The molecule has 1 aromatic rings. The average molecular weight is 264 g/mol. The highest BCUT2D eigenvalue weighted by molar-refractivity contribution is 5.83. The first-order chi connectivity index (χ1) is 8.79. The Labute approximate surface area is 115 Å². The van der Waals surface area contributed by atoms with Crippen molar-refractivity contribution < 1.29 is 4.79 Å². The third kappa shape index (κ3) is 2.97. The minimum Gasteiger partial charge on any atom is -0.344 e. The molecule has 0 aliphatic carbocycles. The standard InChI is InChI=1S/C14H24N4O/c1-14(2,3)12-10(9-18(5)16-12)8-15-11-6-7-17(4)13(11)19/h9,11,15H,6-8H2,1-5H3. The Kier molecular flexibility index (Phi) is 3.67. The van der Waals surface area contributed by atoms with Crippen molar-refractivity contribution in [1.29, 1.82) is 0 Å². The topological polar surface area (TPSA) is 50.2 Å². The molecule has 5 nitrogen and oxygen atoms in total. The van der Waals surface area contributed by atoms with Gasteiger partial charge in [-0.05, 0) is 6.42 Å². The van der Waals surface area contributed by atoms with Crippen LogP contribution in [0, 0.1) is 0 Å². The SMILES string of the molecule is CN1CCC(NCc2cn(C)nc2C(C)(C)C)C1=O. The van der Waals surface area contributed by atoms with Crippen molar-refractivity contribution in [3.05, 3.63) is 17.5 Å². The van der Waals surface area contributed by atoms with Crippen LogP contribution in [0.15, 0.2) is 6.20 Å². The summed E-state index contributed by atoms with van der Waals surface area (Å²) in [4.78, 5) is 13.6. The molecule has 2 rings (SSSR count). The predicted octanol–water partition coefficient (Wildman–Crippen LogP) is 1.04. The van der Waals surface area contributed by atoms with Crippen LogP contribution in [0.3, 0.4) is 0 Å². The molecular weight excluding hydrogens is 240 g/mol. The Morgan fingerprint density at radius 3 is 2.63 bits per heavy atom. The molecule has 1 fully saturated rings. The fourth-order valence-electron chi connectivity index (χ4n) is 2.54. The summed E-state index contributed by atoms with van der Waals surface area (Å²) in [6, 6.07) is -0.0435. The van der Waals surface area contributed by atoms with E-state index in [-0.39, 0.29) is 17.4 Å². The van der Waals surface area contributed by atoms with Crippen LogP contribution < -0.4 is 5.32 Å². The van der Waals surface area contributed by atoms with Gasteiger partial charge in [-0.2, -0.15) is 5.10 Å². The van der Waals surface area contributed by atoms with E-state index >= 15 is 0 Å². The lowest BCUT2D eigenvalue weighted by Crippen LogP contribution is -2.36. The summed E-state index contributed by atoms with van der Waals surface area (Å²) in [6.45, 7) is 8.02. The minimum absolute atomic E-state index is 0.0226. The average Bonchev–Trinajstić information content (AvgIpc) is 2.82. The molecule has 0 saturated carbocycles. The molecule has 19 heavy (non-hydrogen) atoms. The first-order valence-electron chi connectivity index (χ1n) is 6.80. The molecule has 1 atom stereocenters. The maximum Gasteiger partial charge on any atom is 0.239 e. The van der Waals surface area contributed by atoms with Crippen LogP contribution in [0.25, 0.3) is 0 Å². The van der Waals surface area contributed by atoms with E-state index < -0.39 is 0 Å². The molecule has 1 aliphatic heterocycles. The van der Waals surface area contributed by atoms with Gasteiger partial charge in [0.15, 0.2) is 0 Å². The van der Waals surface area contributed by atoms with Gasteiger partial charge in [0.2, 0.25) is 5.91 Å². The largest absolute Gasteiger partial charge is 0.344 e. The lowest BCUT2D eigenvalue weighted by Gasteiger charge is -2.18. The van der Waals surface area contributed by atoms with E-state index in [9.17, 15) is 4.79 Å². The Morgan fingerprint density at radius 1 is 1.42 bits per heavy atom. The number of nitrogens with zero attached hydrogens (tertiary/aromatic N) is 3. The molecule has 0 radical (unpaired) electrons. The quantitative estimate of drug-likeness (QED) is 0.887. The van der Waals surface area contributed by atoms with Crippen molar-refractivity contribution in [2.75, 3.05) is 13.6 Å². The summed E-state index contributed by atoms with van der Waals surface area (Å²) < 4.78 is 1.85. The van der Waals surface area contributed by atoms with Crippen LogP contribution in [-0.4, -0.2) is 40.2 Å². The number of carbonyl (C=O) groups is 1. The van der Waals surface area contributed by atoms with Crippen molar-refractivity contribution in [3.8, 4) is 0 Å². The highest BCUT2D eigenvalue weighted by atomic mass is 16.2. The van der Waals surface area contributed by atoms with Crippen molar-refractivity contribution in [2.45, 2.75) is 45.2 Å². The third-order valence-electron chi connectivity index (χ3n) is 3.58. The Balaban J connectivity index is 2.06. The molecule has 0 aromatic carbocycles. The minimum atomic E-state index is -0.0435. The van der Waals surface area contributed by atoms with E-state index in [1.165, 1.54) is 5.56 Å². The zero-order chi connectivity index (χ0) is 14.2. The number of likely N-dealkylation sites (tertiary alicyclic amines) is 1. The van der Waals surface area contributed by atoms with E-state index in [0.29, 0.717) is 6.54 Å². The number of hydrogen-bond acceptors (Lipinski definition) is 3. The first kappa shape index (κ1) is 14.1. The van der Waals surface area contributed by atoms with Crippen molar-refractivity contribution in [3.63, 3.8) is 0 Å². The summed E-state index contributed by atoms with van der Waals surface area (Å²) in [7, 11) is 3.79. The van der Waals surface area contributed by atoms with Gasteiger partial charge in [0.25, 0.3) is 0 Å². The third-order valence-corrected chi connectivity index (χ3v) is 3.58. The molecule has 1 N–H and O–H groups in total. The van der Waals surface area contributed by atoms with Gasteiger partial charge >= 0.3 is 0 Å². The summed E-state index contributed by atoms with van der Waals surface area (Å²) in [5.41, 5.74) is 2.30. The van der Waals surface area contributed by atoms with Gasteiger partial charge in [0, 0.05) is 44.4 Å². The molecule has 0 spiro atoms. The number of rotatable bonds is 3. The zero-order valence-electron chi connectivity index (χ0n) is 12.5. The van der Waals surface area contributed by atoms with Crippen LogP contribution >= 0.6 is 0 Å². The highest BCUT2D eigenvalue weighted by Crippen LogP contribution is 2.24. The molecule has 1 saturated heterocycles. The predicted molar refractivity (Wildman–Crippen MR) is 74.8 cm³/mol. The van der Waals surface area contributed by atoms with E-state index in [0.717, 1.165) is 18.7 Å². The molecule has 106 valence electrons. The first-order valence-corrected chi connectivity index (χ1v) is 6.80. The summed E-state index contributed by atoms with van der Waals surface area (Å²) >= 11 is 0. The molecule has 1 unspecified atom stereocenters. The van der Waals surface area contributed by atoms with Crippen LogP contribution in [0.5, 0.6) is 0 Å². The number of nitrogens with one attached hydrogen (secondary N) is 1. The van der Waals surface area contributed by atoms with Gasteiger partial charge < -0.3 is 10.2 Å². The van der Waals surface area contributed by atoms with Gasteiger partial charge in [0.05, 0.1) is 11.7 Å². The van der Waals surface area contributed by atoms with E-state index in [1.807, 2.05) is 25.0 Å². The van der Waals surface area contributed by atoms with Crippen molar-refractivity contribution in [2.24, 2.45) is 7.05 Å². The normalized spacial score (nSPS) is 20.4. The lowest BCUT2D eigenvalue weighted by atomic mass is 9.89. The lowest BCUT2D eigenvalue weighted by molar-refractivity contribution is -0.128. The maximum atomic E-state index is 11.9. The number of carbonyl (C=O) groups excluding carboxylic acids is 1. The van der Waals surface area contributed by atoms with Crippen LogP contribution in [0.1, 0.15) is 38.4 Å². The van der Waals surface area contributed by atoms with E-state index in [1.54, 1.807) is 4.90 Å². The van der Waals surface area contributed by atoms with Crippen LogP contribution in [0.2, 0.25) is 0 Å². The smallest absolute Gasteiger partial charge is 0.239 e. The summed E-state index contributed by atoms with van der Waals surface area (Å²) in [5, 5.41) is 7.90. The van der Waals surface area contributed by atoms with Crippen LogP contribution in [-0.2, 0) is 23.8 Å². The second-order valence-corrected chi connectivity index (χ2v) is 6.41. The maximum absolute atomic E-state index is 11.9. The molecule has 1 aliphatic rings. The van der Waals surface area contributed by atoms with Gasteiger partial charge in [-0.1, -0.05) is 20.8 Å². The zero-order valence-corrected chi connectivity index (χ0v) is 12.5. The Morgan fingerprint density at radius 2 is 2.11 bits per heavy atom. The molecule has 5 heteroatoms. The molecule has 1 amide bonds. The molecular formula is C14H24N4O. The van der Waals surface area contributed by atoms with E-state index in [2.05, 4.69) is 31.2 Å². The molecule has 2 heterocycles. The summed E-state index contributed by atoms with van der Waals surface area (Å²) in [5.74, 6) is 0.196. The van der Waals surface area contributed by atoms with Gasteiger partial charge in [0.1, 0.15) is 0 Å². The number of amides is 1. The number of hydrogen-bond donors (Lipinski definition) is 1. The second kappa shape index (κ2) is 4.96. The number of likely N-dealkylation sites (N-methyl/N-ethyl adjacent to an activating group) is 1. The fraction of sp³-hybridized carbons (Fsp3) is 0.714. The van der Waals surface area contributed by atoms with E-state index in [4.69, 9.17) is 0 Å². The van der Waals surface area contributed by atoms with Gasteiger partial charge in [-0.3, -0.25) is 9.48 Å². The molecule has 0 bridgehead atoms. The van der Waals surface area contributed by atoms with Crippen LogP contribution in [0.4, 0.5) is 0 Å². The molecule has 1 aromatic heterocycles. The van der Waals surface area contributed by atoms with Gasteiger partial charge in [-0.25, -0.2) is 0 Å². The second-order valence-electron chi connectivity index (χ2n) is 6.41. The Hall–Kier alpha value is -1.36. The van der Waals surface area contributed by atoms with Crippen molar-refractivity contribution >= 4 is 5.91 Å². The van der Waals surface area contributed by atoms with Gasteiger partial charge in [-0.15, -0.1) is 0 Å². The highest BCUT2D eigenvalue weighted by Gasteiger charge is 2.29. The number of aryl methyl sites for hydroxylation is 1. The van der Waals surface area contributed by atoms with Crippen molar-refractivity contribution in [1.82, 2.24) is 20.0 Å². The summed E-state index contributed by atoms with van der Waals surface area (Å²) in [6.07, 6.45) is 2.93. The Bertz CT molecular complexity index is 472.